The summed E-state index contributed by atoms with van der Waals surface area (Å²) in [5, 5.41) is 8.68. The van der Waals surface area contributed by atoms with Crippen molar-refractivity contribution in [3.05, 3.63) is 17.7 Å². The highest BCUT2D eigenvalue weighted by molar-refractivity contribution is 5.66. The predicted octanol–water partition coefficient (Wildman–Crippen LogP) is 1.09. The van der Waals surface area contributed by atoms with Crippen LogP contribution in [0, 0.1) is 0 Å². The zero-order valence-electron chi connectivity index (χ0n) is 7.95. The summed E-state index contributed by atoms with van der Waals surface area (Å²) in [5.74, 6) is 0.0293. The van der Waals surface area contributed by atoms with Crippen LogP contribution in [0.15, 0.2) is 6.20 Å². The van der Waals surface area contributed by atoms with Crippen molar-refractivity contribution in [2.75, 3.05) is 0 Å². The lowest BCUT2D eigenvalue weighted by Gasteiger charge is -2.06. The zero-order valence-corrected chi connectivity index (χ0v) is 7.95. The van der Waals surface area contributed by atoms with Crippen LogP contribution in [0.2, 0.25) is 0 Å². The molecule has 1 aromatic rings. The van der Waals surface area contributed by atoms with E-state index >= 15 is 0 Å². The van der Waals surface area contributed by atoms with E-state index in [0.29, 0.717) is 0 Å². The van der Waals surface area contributed by atoms with E-state index in [2.05, 4.69) is 4.98 Å². The number of carboxylic acids is 1. The second kappa shape index (κ2) is 4.07. The van der Waals surface area contributed by atoms with Crippen LogP contribution in [0.1, 0.15) is 25.4 Å². The molecule has 0 aliphatic heterocycles. The van der Waals surface area contributed by atoms with Crippen molar-refractivity contribution in [3.8, 4) is 0 Å². The Labute approximate surface area is 77.2 Å². The molecule has 4 heteroatoms. The first-order valence-electron chi connectivity index (χ1n) is 4.44. The van der Waals surface area contributed by atoms with Gasteiger partial charge in [0.1, 0.15) is 12.4 Å². The second-order valence-corrected chi connectivity index (χ2v) is 2.85. The molecule has 1 heterocycles. The van der Waals surface area contributed by atoms with Gasteiger partial charge in [-0.25, -0.2) is 4.98 Å². The Hall–Kier alpha value is -1.32. The third-order valence-electron chi connectivity index (χ3n) is 1.99. The molecule has 0 atom stereocenters. The van der Waals surface area contributed by atoms with E-state index in [1.807, 2.05) is 13.8 Å². The molecule has 0 aromatic carbocycles. The molecule has 0 spiro atoms. The molecule has 0 aliphatic carbocycles. The normalized spacial score (nSPS) is 10.3. The minimum absolute atomic E-state index is 0.0202. The van der Waals surface area contributed by atoms with Gasteiger partial charge in [-0.05, 0) is 6.42 Å². The molecular formula is C9H14N2O2. The Morgan fingerprint density at radius 2 is 2.23 bits per heavy atom. The monoisotopic (exact) mass is 182 g/mol. The van der Waals surface area contributed by atoms with E-state index in [0.717, 1.165) is 24.4 Å². The lowest BCUT2D eigenvalue weighted by Crippen LogP contribution is -2.13. The average Bonchev–Trinajstić information content (AvgIpc) is 2.46. The minimum Gasteiger partial charge on any atom is -0.480 e. The lowest BCUT2D eigenvalue weighted by molar-refractivity contribution is -0.137. The van der Waals surface area contributed by atoms with Crippen molar-refractivity contribution in [3.63, 3.8) is 0 Å². The number of carboxylic acid groups (broad SMARTS) is 1. The quantitative estimate of drug-likeness (QED) is 0.758. The molecule has 0 radical (unpaired) electrons. The van der Waals surface area contributed by atoms with Crippen LogP contribution in [0.4, 0.5) is 0 Å². The summed E-state index contributed by atoms with van der Waals surface area (Å²) in [5.41, 5.74) is 0.985. The van der Waals surface area contributed by atoms with Crippen molar-refractivity contribution in [1.29, 1.82) is 0 Å². The fourth-order valence-corrected chi connectivity index (χ4v) is 1.35. The van der Waals surface area contributed by atoms with Gasteiger partial charge in [-0.15, -0.1) is 0 Å². The van der Waals surface area contributed by atoms with E-state index in [1.54, 1.807) is 10.8 Å². The first-order chi connectivity index (χ1) is 6.19. The van der Waals surface area contributed by atoms with Crippen LogP contribution >= 0.6 is 0 Å². The maximum atomic E-state index is 10.6. The summed E-state index contributed by atoms with van der Waals surface area (Å²) in [7, 11) is 0. The number of carbonyl (C=O) groups is 1. The van der Waals surface area contributed by atoms with Gasteiger partial charge in [0.2, 0.25) is 0 Å². The summed E-state index contributed by atoms with van der Waals surface area (Å²) >= 11 is 0. The number of rotatable bonds is 4. The van der Waals surface area contributed by atoms with E-state index in [1.165, 1.54) is 0 Å². The summed E-state index contributed by atoms with van der Waals surface area (Å²) in [4.78, 5) is 14.7. The highest BCUT2D eigenvalue weighted by Crippen LogP contribution is 2.06. The van der Waals surface area contributed by atoms with Crippen molar-refractivity contribution >= 4 is 5.97 Å². The first kappa shape index (κ1) is 9.77. The van der Waals surface area contributed by atoms with E-state index in [4.69, 9.17) is 5.11 Å². The maximum Gasteiger partial charge on any atom is 0.323 e. The summed E-state index contributed by atoms with van der Waals surface area (Å²) in [6.07, 6.45) is 3.34. The van der Waals surface area contributed by atoms with Gasteiger partial charge in [-0.2, -0.15) is 0 Å². The largest absolute Gasteiger partial charge is 0.480 e. The van der Waals surface area contributed by atoms with Crippen LogP contribution in [0.25, 0.3) is 0 Å². The molecule has 4 nitrogen and oxygen atoms in total. The van der Waals surface area contributed by atoms with Gasteiger partial charge in [0.15, 0.2) is 0 Å². The molecule has 1 aromatic heterocycles. The van der Waals surface area contributed by atoms with Gasteiger partial charge in [0, 0.05) is 18.3 Å². The van der Waals surface area contributed by atoms with Crippen LogP contribution in [0.5, 0.6) is 0 Å². The Morgan fingerprint density at radius 3 is 2.69 bits per heavy atom. The fourth-order valence-electron chi connectivity index (χ4n) is 1.35. The predicted molar refractivity (Wildman–Crippen MR) is 48.6 cm³/mol. The molecule has 0 saturated carbocycles. The summed E-state index contributed by atoms with van der Waals surface area (Å²) in [6.45, 7) is 3.99. The van der Waals surface area contributed by atoms with Crippen molar-refractivity contribution in [2.45, 2.75) is 33.2 Å². The fraction of sp³-hybridized carbons (Fsp3) is 0.556. The minimum atomic E-state index is -0.817. The van der Waals surface area contributed by atoms with Crippen molar-refractivity contribution < 1.29 is 9.90 Å². The standard InChI is InChI=1S/C9H14N2O2/c1-3-7-5-10-8(4-2)11(7)6-9(12)13/h5H,3-4,6H2,1-2H3,(H,12,13). The number of aliphatic carboxylic acids is 1. The third-order valence-corrected chi connectivity index (χ3v) is 1.99. The van der Waals surface area contributed by atoms with Gasteiger partial charge in [-0.3, -0.25) is 4.79 Å². The average molecular weight is 182 g/mol. The molecular weight excluding hydrogens is 168 g/mol. The van der Waals surface area contributed by atoms with E-state index in [9.17, 15) is 4.79 Å². The van der Waals surface area contributed by atoms with Crippen molar-refractivity contribution in [2.24, 2.45) is 0 Å². The molecule has 0 saturated heterocycles. The zero-order chi connectivity index (χ0) is 9.84. The van der Waals surface area contributed by atoms with Gasteiger partial charge in [-0.1, -0.05) is 13.8 Å². The SMILES string of the molecule is CCc1cnc(CC)n1CC(=O)O. The summed E-state index contributed by atoms with van der Waals surface area (Å²) in [6, 6.07) is 0. The maximum absolute atomic E-state index is 10.6. The summed E-state index contributed by atoms with van der Waals surface area (Å²) < 4.78 is 1.77. The molecule has 0 unspecified atom stereocenters. The van der Waals surface area contributed by atoms with Gasteiger partial charge in [0.25, 0.3) is 0 Å². The molecule has 0 aliphatic rings. The van der Waals surface area contributed by atoms with Gasteiger partial charge in [0.05, 0.1) is 0 Å². The van der Waals surface area contributed by atoms with Gasteiger partial charge < -0.3 is 9.67 Å². The number of hydrogen-bond donors (Lipinski definition) is 1. The molecule has 13 heavy (non-hydrogen) atoms. The molecule has 72 valence electrons. The van der Waals surface area contributed by atoms with Crippen LogP contribution in [0.3, 0.4) is 0 Å². The molecule has 1 rings (SSSR count). The Balaban J connectivity index is 2.97. The molecule has 1 N–H and O–H groups in total. The number of aryl methyl sites for hydroxylation is 2. The number of aromatic nitrogens is 2. The molecule has 0 fully saturated rings. The first-order valence-corrected chi connectivity index (χ1v) is 4.44. The van der Waals surface area contributed by atoms with E-state index < -0.39 is 5.97 Å². The Kier molecular flexibility index (Phi) is 3.06. The van der Waals surface area contributed by atoms with Crippen LogP contribution in [-0.4, -0.2) is 20.6 Å². The third kappa shape index (κ3) is 2.08. The number of nitrogens with zero attached hydrogens (tertiary/aromatic N) is 2. The molecule has 0 amide bonds. The topological polar surface area (TPSA) is 55.1 Å². The second-order valence-electron chi connectivity index (χ2n) is 2.85. The van der Waals surface area contributed by atoms with Gasteiger partial charge >= 0.3 is 5.97 Å². The number of imidazole rings is 1. The van der Waals surface area contributed by atoms with Crippen LogP contribution < -0.4 is 0 Å². The van der Waals surface area contributed by atoms with Crippen molar-refractivity contribution in [1.82, 2.24) is 9.55 Å². The van der Waals surface area contributed by atoms with Crippen LogP contribution in [-0.2, 0) is 24.2 Å². The molecule has 0 bridgehead atoms. The Morgan fingerprint density at radius 1 is 1.54 bits per heavy atom. The lowest BCUT2D eigenvalue weighted by atomic mass is 10.3. The highest BCUT2D eigenvalue weighted by atomic mass is 16.4. The Bertz CT molecular complexity index is 283. The number of hydrogen-bond acceptors (Lipinski definition) is 2. The smallest absolute Gasteiger partial charge is 0.323 e. The highest BCUT2D eigenvalue weighted by Gasteiger charge is 2.09. The van der Waals surface area contributed by atoms with E-state index in [-0.39, 0.29) is 6.54 Å².